The molecule has 2 aromatic rings. The van der Waals surface area contributed by atoms with E-state index in [0.29, 0.717) is 13.1 Å². The lowest BCUT2D eigenvalue weighted by atomic mass is 9.82. The molecule has 0 saturated heterocycles. The van der Waals surface area contributed by atoms with Crippen molar-refractivity contribution in [3.8, 4) is 0 Å². The van der Waals surface area contributed by atoms with Gasteiger partial charge in [0.25, 0.3) is 0 Å². The van der Waals surface area contributed by atoms with Crippen LogP contribution in [0.4, 0.5) is 11.4 Å². The maximum Gasteiger partial charge on any atom is 0.409 e. The lowest BCUT2D eigenvalue weighted by molar-refractivity contribution is 0.573. The Balaban J connectivity index is 2.78. The zero-order valence-corrected chi connectivity index (χ0v) is 16.8. The van der Waals surface area contributed by atoms with E-state index in [0.717, 1.165) is 25.7 Å². The molecule has 0 aromatic heterocycles. The van der Waals surface area contributed by atoms with Crippen LogP contribution in [0.5, 0.6) is 0 Å². The Labute approximate surface area is 164 Å². The summed E-state index contributed by atoms with van der Waals surface area (Å²) < 4.78 is 1.06. The minimum Gasteiger partial charge on any atom is -0.432 e. The minimum atomic E-state index is -0.659. The fourth-order valence-corrected chi connectivity index (χ4v) is 3.87. The summed E-state index contributed by atoms with van der Waals surface area (Å²) in [5.41, 5.74) is 1.83. The average Bonchev–Trinajstić information content (AvgIpc) is 2.58. The third kappa shape index (κ3) is 4.22. The third-order valence-corrected chi connectivity index (χ3v) is 5.24. The molecule has 0 atom stereocenters. The molecule has 0 saturated carbocycles. The highest BCUT2D eigenvalue weighted by Gasteiger charge is 2.24. The van der Waals surface area contributed by atoms with Gasteiger partial charge in [-0.1, -0.05) is 36.4 Å². The molecule has 0 aliphatic heterocycles. The highest BCUT2D eigenvalue weighted by atomic mass is 127. The molecule has 0 fully saturated rings. The lowest BCUT2D eigenvalue weighted by Gasteiger charge is -2.31. The summed E-state index contributed by atoms with van der Waals surface area (Å²) in [6.45, 7) is 12.1. The number of rotatable bonds is 8. The maximum absolute atomic E-state index is 10.3. The first-order valence-corrected chi connectivity index (χ1v) is 9.32. The average molecular weight is 448 g/mol. The summed E-state index contributed by atoms with van der Waals surface area (Å²) in [6.07, 6.45) is 3.54. The van der Waals surface area contributed by atoms with E-state index in [1.807, 2.05) is 27.8 Å². The van der Waals surface area contributed by atoms with Crippen LogP contribution in [0.25, 0.3) is 10.8 Å². The van der Waals surface area contributed by atoms with E-state index in [4.69, 9.17) is 0 Å². The predicted molar refractivity (Wildman–Crippen MR) is 119 cm³/mol. The number of halogens is 1. The smallest absolute Gasteiger partial charge is 0.409 e. The monoisotopic (exact) mass is 448 g/mol. The fourth-order valence-electron chi connectivity index (χ4n) is 2.94. The van der Waals surface area contributed by atoms with Crippen molar-refractivity contribution in [2.45, 2.75) is 13.6 Å². The van der Waals surface area contributed by atoms with Gasteiger partial charge in [0, 0.05) is 33.4 Å². The first-order chi connectivity index (χ1) is 11.9. The maximum atomic E-state index is 10.3. The van der Waals surface area contributed by atoms with Crippen molar-refractivity contribution in [3.63, 3.8) is 0 Å². The molecule has 2 N–H and O–H groups in total. The number of nitrogens with zero attached hydrogens (tertiary/aromatic N) is 2. The van der Waals surface area contributed by atoms with Gasteiger partial charge in [0.1, 0.15) is 0 Å². The largest absolute Gasteiger partial charge is 0.432 e. The molecule has 0 radical (unpaired) electrons. The van der Waals surface area contributed by atoms with Crippen molar-refractivity contribution in [2.75, 3.05) is 22.7 Å². The summed E-state index contributed by atoms with van der Waals surface area (Å²) in [7, 11) is -1.31. The van der Waals surface area contributed by atoms with Crippen LogP contribution < -0.4 is 9.62 Å². The van der Waals surface area contributed by atoms with Gasteiger partial charge in [-0.25, -0.2) is 0 Å². The van der Waals surface area contributed by atoms with Crippen molar-refractivity contribution in [1.82, 2.24) is 0 Å². The number of fused-ring (bicyclic) bond motifs is 1. The summed E-state index contributed by atoms with van der Waals surface area (Å²) in [4.78, 5) is 3.78. The van der Waals surface area contributed by atoms with Crippen LogP contribution in [0.3, 0.4) is 0 Å². The van der Waals surface area contributed by atoms with Crippen molar-refractivity contribution in [3.05, 3.63) is 59.2 Å². The first-order valence-electron chi connectivity index (χ1n) is 8.24. The Hall–Kier alpha value is -1.44. The zero-order chi connectivity index (χ0) is 18.6. The molecule has 0 aliphatic carbocycles. The van der Waals surface area contributed by atoms with Crippen molar-refractivity contribution in [1.29, 1.82) is 0 Å². The summed E-state index contributed by atoms with van der Waals surface area (Å²) in [6, 6.07) is 10.1. The fraction of sp³-hybridized carbons (Fsp3) is 0.222. The topological polar surface area (TPSA) is 46.9 Å². The second-order valence-corrected chi connectivity index (χ2v) is 7.00. The van der Waals surface area contributed by atoms with E-state index in [9.17, 15) is 10.0 Å². The summed E-state index contributed by atoms with van der Waals surface area (Å²) >= 11 is 2.32. The Morgan fingerprint density at radius 1 is 0.960 bits per heavy atom. The molecule has 0 spiro atoms. The molecule has 0 bridgehead atoms. The predicted octanol–water partition coefficient (Wildman–Crippen LogP) is 3.65. The highest BCUT2D eigenvalue weighted by molar-refractivity contribution is 14.1. The molecule has 25 heavy (non-hydrogen) atoms. The van der Waals surface area contributed by atoms with Gasteiger partial charge in [0.2, 0.25) is 0 Å². The van der Waals surface area contributed by atoms with Crippen LogP contribution in [0, 0.1) is 3.57 Å². The van der Waals surface area contributed by atoms with Gasteiger partial charge in [-0.05, 0) is 47.7 Å². The zero-order valence-electron chi connectivity index (χ0n) is 14.7. The van der Waals surface area contributed by atoms with Crippen LogP contribution in [0.15, 0.2) is 55.6 Å². The van der Waals surface area contributed by atoms with Crippen LogP contribution >= 0.6 is 22.6 Å². The van der Waals surface area contributed by atoms with E-state index in [1.165, 1.54) is 0 Å². The van der Waals surface area contributed by atoms with E-state index in [-0.39, 0.29) is 0 Å². The summed E-state index contributed by atoms with van der Waals surface area (Å²) in [5.74, 6) is 0. The van der Waals surface area contributed by atoms with E-state index in [2.05, 4.69) is 47.9 Å². The van der Waals surface area contributed by atoms with Gasteiger partial charge >= 0.3 is 14.1 Å². The molecule has 2 aromatic carbocycles. The minimum absolute atomic E-state index is 0.526. The van der Waals surface area contributed by atoms with Crippen molar-refractivity contribution in [2.24, 2.45) is 0 Å². The second-order valence-electron chi connectivity index (χ2n) is 5.92. The van der Waals surface area contributed by atoms with Crippen LogP contribution in [0.2, 0.25) is 13.6 Å². The molecular weight excluding hydrogens is 425 g/mol. The number of hydrogen-bond donors (Lipinski definition) is 2. The van der Waals surface area contributed by atoms with Crippen LogP contribution in [0.1, 0.15) is 0 Å². The lowest BCUT2D eigenvalue weighted by Crippen LogP contribution is -2.39. The molecule has 4 nitrogen and oxygen atoms in total. The Kier molecular flexibility index (Phi) is 6.98. The Bertz CT molecular complexity index is 768. The van der Waals surface area contributed by atoms with Crippen molar-refractivity contribution >= 4 is 58.8 Å². The molecule has 130 valence electrons. The second kappa shape index (κ2) is 8.78. The molecule has 2 rings (SSSR count). The first kappa shape index (κ1) is 19.9. The molecule has 0 aliphatic rings. The SMILES string of the molecule is C=CCN(B(C)O)c1cc(N(CC=C)B(C)O)c2ccccc2c1I. The molecule has 0 unspecified atom stereocenters. The standard InChI is InChI=1S/C18H23B2IN2O2/c1-5-11-22(19(3)24)16-13-17(23(12-6-2)20(4)25)18(21)15-10-8-7-9-14(15)16/h5-10,13,24-25H,1-2,11-12H2,3-4H3. The van der Waals surface area contributed by atoms with Gasteiger partial charge in [0.05, 0.1) is 0 Å². The molecule has 0 heterocycles. The van der Waals surface area contributed by atoms with E-state index in [1.54, 1.807) is 25.8 Å². The van der Waals surface area contributed by atoms with E-state index < -0.39 is 14.1 Å². The molecule has 0 amide bonds. The van der Waals surface area contributed by atoms with Gasteiger partial charge in [0.15, 0.2) is 0 Å². The third-order valence-electron chi connectivity index (χ3n) is 4.11. The van der Waals surface area contributed by atoms with Crippen LogP contribution in [-0.4, -0.2) is 37.2 Å². The van der Waals surface area contributed by atoms with Gasteiger partial charge in [-0.15, -0.1) is 13.2 Å². The van der Waals surface area contributed by atoms with Crippen LogP contribution in [-0.2, 0) is 0 Å². The van der Waals surface area contributed by atoms with Gasteiger partial charge in [-0.2, -0.15) is 0 Å². The number of anilines is 2. The Morgan fingerprint density at radius 3 is 1.92 bits per heavy atom. The Morgan fingerprint density at radius 2 is 1.44 bits per heavy atom. The van der Waals surface area contributed by atoms with Gasteiger partial charge in [-0.3, -0.25) is 0 Å². The van der Waals surface area contributed by atoms with Gasteiger partial charge < -0.3 is 19.7 Å². The molecule has 7 heteroatoms. The number of benzene rings is 2. The summed E-state index contributed by atoms with van der Waals surface area (Å²) in [5, 5.41) is 22.6. The normalized spacial score (nSPS) is 10.4. The number of hydrogen-bond acceptors (Lipinski definition) is 4. The molecular formula is C18H23B2IN2O2. The van der Waals surface area contributed by atoms with Crippen molar-refractivity contribution < 1.29 is 10.0 Å². The highest BCUT2D eigenvalue weighted by Crippen LogP contribution is 2.38. The van der Waals surface area contributed by atoms with E-state index >= 15 is 0 Å². The quantitative estimate of drug-likeness (QED) is 0.368.